The van der Waals surface area contributed by atoms with Crippen LogP contribution in [0.2, 0.25) is 0 Å². The molecule has 1 heterocycles. The molecule has 0 aliphatic heterocycles. The van der Waals surface area contributed by atoms with Crippen LogP contribution in [0.15, 0.2) is 30.5 Å². The van der Waals surface area contributed by atoms with Crippen molar-refractivity contribution < 1.29 is 18.3 Å². The highest BCUT2D eigenvalue weighted by atomic mass is 19.1. The van der Waals surface area contributed by atoms with Gasteiger partial charge in [-0.2, -0.15) is 5.26 Å². The predicted molar refractivity (Wildman–Crippen MR) is 80.0 cm³/mol. The van der Waals surface area contributed by atoms with Crippen molar-refractivity contribution in [2.75, 3.05) is 25.6 Å². The Morgan fingerprint density at radius 2 is 1.96 bits per heavy atom. The second-order valence-electron chi connectivity index (χ2n) is 4.63. The number of aromatic nitrogens is 1. The van der Waals surface area contributed by atoms with Crippen molar-refractivity contribution in [3.05, 3.63) is 53.2 Å². The number of ether oxygens (including phenoxy) is 2. The van der Waals surface area contributed by atoms with Gasteiger partial charge in [0.05, 0.1) is 18.2 Å². The number of halogens is 2. The Bertz CT molecular complexity index is 676. The van der Waals surface area contributed by atoms with Crippen LogP contribution in [0.3, 0.4) is 0 Å². The maximum atomic E-state index is 13.7. The quantitative estimate of drug-likeness (QED) is 0.795. The van der Waals surface area contributed by atoms with E-state index in [0.29, 0.717) is 19.1 Å². The van der Waals surface area contributed by atoms with Crippen LogP contribution in [0, 0.1) is 23.0 Å². The van der Waals surface area contributed by atoms with Crippen LogP contribution in [0.5, 0.6) is 5.88 Å². The van der Waals surface area contributed by atoms with E-state index in [1.54, 1.807) is 31.5 Å². The van der Waals surface area contributed by atoms with Crippen LogP contribution in [-0.4, -0.2) is 25.3 Å². The highest BCUT2D eigenvalue weighted by Gasteiger charge is 2.11. The van der Waals surface area contributed by atoms with Gasteiger partial charge in [0.2, 0.25) is 5.88 Å². The van der Waals surface area contributed by atoms with E-state index in [2.05, 4.69) is 10.3 Å². The maximum Gasteiger partial charge on any atom is 0.213 e. The Hall–Kier alpha value is -2.72. The third-order valence-corrected chi connectivity index (χ3v) is 2.98. The summed E-state index contributed by atoms with van der Waals surface area (Å²) in [5.74, 6) is -1.18. The summed E-state index contributed by atoms with van der Waals surface area (Å²) < 4.78 is 37.7. The molecule has 1 N–H and O–H groups in total. The van der Waals surface area contributed by atoms with Crippen molar-refractivity contribution in [3.63, 3.8) is 0 Å². The lowest BCUT2D eigenvalue weighted by molar-refractivity contribution is 0.143. The fraction of sp³-hybridized carbons (Fsp3) is 0.250. The zero-order chi connectivity index (χ0) is 16.7. The Morgan fingerprint density at radius 3 is 2.52 bits per heavy atom. The molecule has 1 aromatic carbocycles. The third-order valence-electron chi connectivity index (χ3n) is 2.98. The number of hydrogen-bond acceptors (Lipinski definition) is 5. The number of nitrogens with one attached hydrogen (secondary N) is 1. The van der Waals surface area contributed by atoms with Crippen molar-refractivity contribution >= 4 is 5.69 Å². The molecule has 0 saturated carbocycles. The average molecular weight is 319 g/mol. The smallest absolute Gasteiger partial charge is 0.213 e. The van der Waals surface area contributed by atoms with E-state index in [1.807, 2.05) is 0 Å². The van der Waals surface area contributed by atoms with Gasteiger partial charge in [-0.25, -0.2) is 13.8 Å². The zero-order valence-electron chi connectivity index (χ0n) is 12.5. The molecule has 0 atom stereocenters. The van der Waals surface area contributed by atoms with Gasteiger partial charge in [-0.1, -0.05) is 6.07 Å². The first-order chi connectivity index (χ1) is 11.1. The summed E-state index contributed by atoms with van der Waals surface area (Å²) in [7, 11) is 1.58. The average Bonchev–Trinajstić information content (AvgIpc) is 2.55. The number of hydrogen-bond donors (Lipinski definition) is 1. The first-order valence-corrected chi connectivity index (χ1v) is 6.83. The minimum Gasteiger partial charge on any atom is -0.475 e. The molecule has 0 radical (unpaired) electrons. The SMILES string of the molecule is COCCOc1ccc(CNc2c(F)cc(C#N)cc2F)cn1. The molecule has 0 fully saturated rings. The first-order valence-electron chi connectivity index (χ1n) is 6.83. The van der Waals surface area contributed by atoms with Crippen LogP contribution in [0.1, 0.15) is 11.1 Å². The molecule has 0 saturated heterocycles. The largest absolute Gasteiger partial charge is 0.475 e. The van der Waals surface area contributed by atoms with Crippen LogP contribution in [0.25, 0.3) is 0 Å². The van der Waals surface area contributed by atoms with Gasteiger partial charge in [0.25, 0.3) is 0 Å². The predicted octanol–water partition coefficient (Wildman–Crippen LogP) is 2.87. The molecule has 2 rings (SSSR count). The van der Waals surface area contributed by atoms with Gasteiger partial charge in [-0.15, -0.1) is 0 Å². The van der Waals surface area contributed by atoms with Crippen molar-refractivity contribution in [1.29, 1.82) is 5.26 Å². The summed E-state index contributed by atoms with van der Waals surface area (Å²) in [6.45, 7) is 1.04. The van der Waals surface area contributed by atoms with E-state index in [0.717, 1.165) is 17.7 Å². The Kier molecular flexibility index (Phi) is 5.83. The molecule has 0 spiro atoms. The molecule has 0 amide bonds. The Labute approximate surface area is 132 Å². The van der Waals surface area contributed by atoms with Crippen molar-refractivity contribution in [2.24, 2.45) is 0 Å². The third kappa shape index (κ3) is 4.63. The molecule has 23 heavy (non-hydrogen) atoms. The summed E-state index contributed by atoms with van der Waals surface area (Å²) in [5, 5.41) is 11.3. The Balaban J connectivity index is 1.97. The van der Waals surface area contributed by atoms with E-state index in [1.165, 1.54) is 0 Å². The molecule has 0 aliphatic carbocycles. The van der Waals surface area contributed by atoms with E-state index in [9.17, 15) is 8.78 Å². The fourth-order valence-corrected chi connectivity index (χ4v) is 1.83. The van der Waals surface area contributed by atoms with Gasteiger partial charge in [0.1, 0.15) is 12.3 Å². The first kappa shape index (κ1) is 16.6. The van der Waals surface area contributed by atoms with Gasteiger partial charge >= 0.3 is 0 Å². The van der Waals surface area contributed by atoms with Gasteiger partial charge in [0.15, 0.2) is 11.6 Å². The zero-order valence-corrected chi connectivity index (χ0v) is 12.5. The van der Waals surface area contributed by atoms with E-state index in [-0.39, 0.29) is 17.8 Å². The number of benzene rings is 1. The van der Waals surface area contributed by atoms with E-state index < -0.39 is 11.6 Å². The topological polar surface area (TPSA) is 67.2 Å². The summed E-state index contributed by atoms with van der Waals surface area (Å²) in [5.41, 5.74) is 0.390. The number of methoxy groups -OCH3 is 1. The summed E-state index contributed by atoms with van der Waals surface area (Å²) >= 11 is 0. The molecule has 2 aromatic rings. The van der Waals surface area contributed by atoms with Gasteiger partial charge in [-0.05, 0) is 17.7 Å². The van der Waals surface area contributed by atoms with Gasteiger partial charge in [0, 0.05) is 25.9 Å². The molecule has 0 unspecified atom stereocenters. The van der Waals surface area contributed by atoms with E-state index >= 15 is 0 Å². The van der Waals surface area contributed by atoms with Gasteiger partial charge < -0.3 is 14.8 Å². The Morgan fingerprint density at radius 1 is 1.22 bits per heavy atom. The lowest BCUT2D eigenvalue weighted by Crippen LogP contribution is -2.07. The lowest BCUT2D eigenvalue weighted by atomic mass is 10.2. The molecule has 7 heteroatoms. The number of nitrogens with zero attached hydrogens (tertiary/aromatic N) is 2. The number of nitriles is 1. The van der Waals surface area contributed by atoms with Crippen molar-refractivity contribution in [2.45, 2.75) is 6.54 Å². The molecule has 5 nitrogen and oxygen atoms in total. The summed E-state index contributed by atoms with van der Waals surface area (Å²) in [4.78, 5) is 4.09. The van der Waals surface area contributed by atoms with Crippen molar-refractivity contribution in [3.8, 4) is 11.9 Å². The number of pyridine rings is 1. The minimum absolute atomic E-state index is 0.0650. The van der Waals surface area contributed by atoms with E-state index in [4.69, 9.17) is 14.7 Å². The van der Waals surface area contributed by atoms with Gasteiger partial charge in [-0.3, -0.25) is 0 Å². The standard InChI is InChI=1S/C16H15F2N3O2/c1-22-4-5-23-15-3-2-11(9-20-15)10-21-16-13(17)6-12(8-19)7-14(16)18/h2-3,6-7,9,21H,4-5,10H2,1H3. The fourth-order valence-electron chi connectivity index (χ4n) is 1.83. The van der Waals surface area contributed by atoms with Crippen LogP contribution >= 0.6 is 0 Å². The second-order valence-corrected chi connectivity index (χ2v) is 4.63. The van der Waals surface area contributed by atoms with Crippen LogP contribution < -0.4 is 10.1 Å². The molecule has 0 aliphatic rings. The normalized spacial score (nSPS) is 10.2. The maximum absolute atomic E-state index is 13.7. The minimum atomic E-state index is -0.811. The molecular weight excluding hydrogens is 304 g/mol. The molecule has 0 bridgehead atoms. The highest BCUT2D eigenvalue weighted by molar-refractivity contribution is 5.50. The summed E-state index contributed by atoms with van der Waals surface area (Å²) in [6.07, 6.45) is 1.55. The van der Waals surface area contributed by atoms with Crippen LogP contribution in [0.4, 0.5) is 14.5 Å². The summed E-state index contributed by atoms with van der Waals surface area (Å²) in [6, 6.07) is 7.06. The number of anilines is 1. The molecule has 120 valence electrons. The van der Waals surface area contributed by atoms with Crippen molar-refractivity contribution in [1.82, 2.24) is 4.98 Å². The lowest BCUT2D eigenvalue weighted by Gasteiger charge is -2.10. The second kappa shape index (κ2) is 8.06. The molecule has 1 aromatic heterocycles. The molecular formula is C16H15F2N3O2. The monoisotopic (exact) mass is 319 g/mol. The highest BCUT2D eigenvalue weighted by Crippen LogP contribution is 2.21. The van der Waals surface area contributed by atoms with Crippen LogP contribution in [-0.2, 0) is 11.3 Å². The number of rotatable bonds is 7.